The van der Waals surface area contributed by atoms with Crippen LogP contribution in [-0.2, 0) is 6.54 Å². The van der Waals surface area contributed by atoms with Crippen LogP contribution in [-0.4, -0.2) is 21.7 Å². The van der Waals surface area contributed by atoms with E-state index in [0.717, 1.165) is 5.56 Å². The highest BCUT2D eigenvalue weighted by atomic mass is 35.5. The van der Waals surface area contributed by atoms with E-state index in [0.29, 0.717) is 33.9 Å². The molecular formula is C17H21Cl2N3O. The number of hydrogen-bond donors (Lipinski definition) is 1. The number of carbonyl (C=O) groups is 1. The molecule has 1 amide bonds. The summed E-state index contributed by atoms with van der Waals surface area (Å²) in [5.41, 5.74) is 1.93. The molecule has 1 aromatic carbocycles. The first-order valence-electron chi connectivity index (χ1n) is 7.58. The minimum Gasteiger partial charge on any atom is -0.349 e. The molecule has 6 heteroatoms. The van der Waals surface area contributed by atoms with Gasteiger partial charge in [0.15, 0.2) is 0 Å². The fourth-order valence-electron chi connectivity index (χ4n) is 2.15. The third-order valence-corrected chi connectivity index (χ3v) is 4.68. The lowest BCUT2D eigenvalue weighted by molar-refractivity contribution is 0.0930. The van der Waals surface area contributed by atoms with Crippen molar-refractivity contribution in [2.75, 3.05) is 0 Å². The number of nitrogens with zero attached hydrogens (tertiary/aromatic N) is 2. The topological polar surface area (TPSA) is 46.9 Å². The van der Waals surface area contributed by atoms with Crippen molar-refractivity contribution >= 4 is 29.1 Å². The maximum atomic E-state index is 12.5. The summed E-state index contributed by atoms with van der Waals surface area (Å²) >= 11 is 12.6. The predicted molar refractivity (Wildman–Crippen MR) is 94.3 cm³/mol. The molecule has 0 radical (unpaired) electrons. The maximum absolute atomic E-state index is 12.5. The van der Waals surface area contributed by atoms with Crippen molar-refractivity contribution < 1.29 is 4.79 Å². The number of carbonyl (C=O) groups excluding carboxylic acids is 1. The van der Waals surface area contributed by atoms with E-state index in [-0.39, 0.29) is 11.9 Å². The molecule has 23 heavy (non-hydrogen) atoms. The Hall–Kier alpha value is -1.52. The zero-order chi connectivity index (χ0) is 17.1. The third kappa shape index (κ3) is 4.06. The second-order valence-corrected chi connectivity index (χ2v) is 6.77. The minimum atomic E-state index is -0.195. The summed E-state index contributed by atoms with van der Waals surface area (Å²) < 4.78 is 1.60. The van der Waals surface area contributed by atoms with Crippen LogP contribution in [0.15, 0.2) is 24.3 Å². The zero-order valence-electron chi connectivity index (χ0n) is 13.7. The number of aromatic nitrogens is 2. The van der Waals surface area contributed by atoms with Gasteiger partial charge in [0.1, 0.15) is 5.15 Å². The van der Waals surface area contributed by atoms with Crippen LogP contribution < -0.4 is 5.32 Å². The second kappa shape index (κ2) is 7.37. The van der Waals surface area contributed by atoms with Gasteiger partial charge in [-0.15, -0.1) is 0 Å². The van der Waals surface area contributed by atoms with Gasteiger partial charge in [0.2, 0.25) is 0 Å². The molecule has 0 spiro atoms. The molecule has 1 aromatic heterocycles. The number of rotatable bonds is 5. The highest BCUT2D eigenvalue weighted by molar-refractivity contribution is 6.33. The van der Waals surface area contributed by atoms with E-state index < -0.39 is 0 Å². The van der Waals surface area contributed by atoms with E-state index >= 15 is 0 Å². The average molecular weight is 354 g/mol. The molecule has 4 nitrogen and oxygen atoms in total. The quantitative estimate of drug-likeness (QED) is 0.869. The monoisotopic (exact) mass is 353 g/mol. The summed E-state index contributed by atoms with van der Waals surface area (Å²) in [5.74, 6) is 0.148. The molecule has 0 aliphatic heterocycles. The first-order valence-corrected chi connectivity index (χ1v) is 8.34. The molecule has 2 aromatic rings. The van der Waals surface area contributed by atoms with Gasteiger partial charge in [-0.05, 0) is 31.4 Å². The molecule has 0 bridgehead atoms. The van der Waals surface area contributed by atoms with Crippen LogP contribution in [0.4, 0.5) is 0 Å². The zero-order valence-corrected chi connectivity index (χ0v) is 15.2. The van der Waals surface area contributed by atoms with Gasteiger partial charge in [-0.3, -0.25) is 4.79 Å². The number of hydrogen-bond acceptors (Lipinski definition) is 2. The Balaban J connectivity index is 2.26. The molecule has 1 unspecified atom stereocenters. The molecule has 0 aliphatic rings. The summed E-state index contributed by atoms with van der Waals surface area (Å²) in [6.45, 7) is 8.29. The normalized spacial score (nSPS) is 12.5. The lowest BCUT2D eigenvalue weighted by atomic mass is 10.1. The number of benzene rings is 1. The maximum Gasteiger partial charge on any atom is 0.256 e. The van der Waals surface area contributed by atoms with E-state index in [9.17, 15) is 4.79 Å². The average Bonchev–Trinajstić information content (AvgIpc) is 2.75. The number of nitrogens with one attached hydrogen (secondary N) is 1. The lowest BCUT2D eigenvalue weighted by Crippen LogP contribution is -2.36. The van der Waals surface area contributed by atoms with Gasteiger partial charge in [-0.25, -0.2) is 4.68 Å². The van der Waals surface area contributed by atoms with Crippen molar-refractivity contribution in [3.05, 3.63) is 51.3 Å². The first kappa shape index (κ1) is 17.8. The highest BCUT2D eigenvalue weighted by Gasteiger charge is 2.22. The van der Waals surface area contributed by atoms with Crippen molar-refractivity contribution in [3.63, 3.8) is 0 Å². The van der Waals surface area contributed by atoms with E-state index in [1.807, 2.05) is 31.2 Å². The smallest absolute Gasteiger partial charge is 0.256 e. The third-order valence-electron chi connectivity index (χ3n) is 3.93. The van der Waals surface area contributed by atoms with Gasteiger partial charge < -0.3 is 5.32 Å². The first-order chi connectivity index (χ1) is 10.8. The standard InChI is InChI=1S/C17H21Cl2N3O/c1-10(2)11(3)20-17(23)15-12(4)21-22(16(15)19)9-13-7-5-6-8-14(13)18/h5-8,10-11H,9H2,1-4H3,(H,20,23). The van der Waals surface area contributed by atoms with E-state index in [1.165, 1.54) is 0 Å². The van der Waals surface area contributed by atoms with Crippen molar-refractivity contribution in [2.24, 2.45) is 5.92 Å². The van der Waals surface area contributed by atoms with Crippen molar-refractivity contribution in [1.29, 1.82) is 0 Å². The SMILES string of the molecule is Cc1nn(Cc2ccccc2Cl)c(Cl)c1C(=O)NC(C)C(C)C. The second-order valence-electron chi connectivity index (χ2n) is 6.01. The Labute approximate surface area is 146 Å². The number of halogens is 2. The molecule has 1 N–H and O–H groups in total. The molecule has 0 aliphatic carbocycles. The van der Waals surface area contributed by atoms with Crippen LogP contribution in [0.3, 0.4) is 0 Å². The van der Waals surface area contributed by atoms with E-state index in [2.05, 4.69) is 24.3 Å². The summed E-state index contributed by atoms with van der Waals surface area (Å²) in [6.07, 6.45) is 0. The van der Waals surface area contributed by atoms with Crippen LogP contribution in [0.25, 0.3) is 0 Å². The molecular weight excluding hydrogens is 333 g/mol. The van der Waals surface area contributed by atoms with Gasteiger partial charge in [-0.1, -0.05) is 55.2 Å². The van der Waals surface area contributed by atoms with Crippen LogP contribution in [0.2, 0.25) is 10.2 Å². The van der Waals surface area contributed by atoms with Gasteiger partial charge >= 0.3 is 0 Å². The molecule has 1 heterocycles. The fourth-order valence-corrected chi connectivity index (χ4v) is 2.67. The van der Waals surface area contributed by atoms with Crippen molar-refractivity contribution in [3.8, 4) is 0 Å². The molecule has 1 atom stereocenters. The Morgan fingerprint density at radius 2 is 1.91 bits per heavy atom. The van der Waals surface area contributed by atoms with Crippen molar-refractivity contribution in [1.82, 2.24) is 15.1 Å². The Bertz CT molecular complexity index is 710. The largest absolute Gasteiger partial charge is 0.349 e. The molecule has 124 valence electrons. The fraction of sp³-hybridized carbons (Fsp3) is 0.412. The van der Waals surface area contributed by atoms with Crippen LogP contribution in [0, 0.1) is 12.8 Å². The molecule has 2 rings (SSSR count). The predicted octanol–water partition coefficient (Wildman–Crippen LogP) is 4.32. The van der Waals surface area contributed by atoms with E-state index in [4.69, 9.17) is 23.2 Å². The Morgan fingerprint density at radius 1 is 1.26 bits per heavy atom. The van der Waals surface area contributed by atoms with Crippen LogP contribution >= 0.6 is 23.2 Å². The van der Waals surface area contributed by atoms with Crippen LogP contribution in [0.5, 0.6) is 0 Å². The Morgan fingerprint density at radius 3 is 2.52 bits per heavy atom. The number of aryl methyl sites for hydroxylation is 1. The summed E-state index contributed by atoms with van der Waals surface area (Å²) in [5, 5.41) is 8.33. The summed E-state index contributed by atoms with van der Waals surface area (Å²) in [6, 6.07) is 7.57. The number of amides is 1. The summed E-state index contributed by atoms with van der Waals surface area (Å²) in [7, 11) is 0. The lowest BCUT2D eigenvalue weighted by Gasteiger charge is -2.17. The molecule has 0 saturated carbocycles. The molecule has 0 saturated heterocycles. The van der Waals surface area contributed by atoms with Crippen LogP contribution in [0.1, 0.15) is 42.4 Å². The molecule has 0 fully saturated rings. The van der Waals surface area contributed by atoms with E-state index in [1.54, 1.807) is 11.6 Å². The Kier molecular flexibility index (Phi) is 5.71. The van der Waals surface area contributed by atoms with Gasteiger partial charge in [0.05, 0.1) is 17.8 Å². The van der Waals surface area contributed by atoms with Gasteiger partial charge in [-0.2, -0.15) is 5.10 Å². The van der Waals surface area contributed by atoms with Gasteiger partial charge in [0.25, 0.3) is 5.91 Å². The minimum absolute atomic E-state index is 0.0601. The van der Waals surface area contributed by atoms with Gasteiger partial charge in [0, 0.05) is 11.1 Å². The van der Waals surface area contributed by atoms with Crippen molar-refractivity contribution in [2.45, 2.75) is 40.3 Å². The highest BCUT2D eigenvalue weighted by Crippen LogP contribution is 2.23. The summed E-state index contributed by atoms with van der Waals surface area (Å²) in [4.78, 5) is 12.5.